The van der Waals surface area contributed by atoms with Crippen molar-refractivity contribution in [1.29, 1.82) is 0 Å². The van der Waals surface area contributed by atoms with Gasteiger partial charge in [-0.05, 0) is 45.0 Å². The fraction of sp³-hybridized carbons (Fsp3) is 0.263. The number of hydrogen-bond acceptors (Lipinski definition) is 4. The van der Waals surface area contributed by atoms with E-state index in [1.165, 1.54) is 36.9 Å². The van der Waals surface area contributed by atoms with Crippen molar-refractivity contribution < 1.29 is 18.7 Å². The molecule has 2 aromatic carbocycles. The first-order chi connectivity index (χ1) is 12.4. The third-order valence-corrected chi connectivity index (χ3v) is 4.63. The van der Waals surface area contributed by atoms with Crippen LogP contribution in [0.25, 0.3) is 0 Å². The van der Waals surface area contributed by atoms with Crippen molar-refractivity contribution in [1.82, 2.24) is 10.9 Å². The topological polar surface area (TPSA) is 67.4 Å². The van der Waals surface area contributed by atoms with Gasteiger partial charge in [0.15, 0.2) is 17.7 Å². The molecule has 0 aromatic heterocycles. The van der Waals surface area contributed by atoms with Gasteiger partial charge in [0, 0.05) is 4.90 Å². The molecule has 2 rings (SSSR count). The number of hydrazine groups is 1. The lowest BCUT2D eigenvalue weighted by molar-refractivity contribution is -0.132. The highest BCUT2D eigenvalue weighted by Crippen LogP contribution is 2.23. The van der Waals surface area contributed by atoms with Crippen molar-refractivity contribution in [2.24, 2.45) is 0 Å². The summed E-state index contributed by atoms with van der Waals surface area (Å²) < 4.78 is 18.8. The molecule has 0 aliphatic carbocycles. The van der Waals surface area contributed by atoms with Gasteiger partial charge in [-0.2, -0.15) is 0 Å². The molecule has 5 nitrogen and oxygen atoms in total. The summed E-state index contributed by atoms with van der Waals surface area (Å²) in [7, 11) is 0. The lowest BCUT2D eigenvalue weighted by Gasteiger charge is -2.17. The van der Waals surface area contributed by atoms with Crippen molar-refractivity contribution >= 4 is 23.6 Å². The van der Waals surface area contributed by atoms with Gasteiger partial charge in [-0.3, -0.25) is 20.4 Å². The summed E-state index contributed by atoms with van der Waals surface area (Å²) in [5, 5.41) is -0.402. The van der Waals surface area contributed by atoms with E-state index in [0.29, 0.717) is 0 Å². The summed E-state index contributed by atoms with van der Waals surface area (Å²) in [5.41, 5.74) is 5.80. The molecule has 2 N–H and O–H groups in total. The zero-order valence-electron chi connectivity index (χ0n) is 14.8. The molecular formula is C19H21FN2O3S. The number of carbonyl (C=O) groups is 2. The van der Waals surface area contributed by atoms with Crippen molar-refractivity contribution in [3.8, 4) is 5.75 Å². The van der Waals surface area contributed by atoms with Crippen LogP contribution in [-0.2, 0) is 9.59 Å². The zero-order chi connectivity index (χ0) is 19.1. The van der Waals surface area contributed by atoms with Crippen molar-refractivity contribution in [3.63, 3.8) is 0 Å². The number of benzene rings is 2. The Morgan fingerprint density at radius 1 is 1.00 bits per heavy atom. The third kappa shape index (κ3) is 5.77. The Hall–Kier alpha value is -2.54. The van der Waals surface area contributed by atoms with Gasteiger partial charge in [-0.15, -0.1) is 11.8 Å². The number of amides is 2. The van der Waals surface area contributed by atoms with E-state index in [2.05, 4.69) is 10.9 Å². The van der Waals surface area contributed by atoms with Crippen LogP contribution in [0.4, 0.5) is 4.39 Å². The Morgan fingerprint density at radius 3 is 2.27 bits per heavy atom. The maximum absolute atomic E-state index is 13.5. The first-order valence-corrected chi connectivity index (χ1v) is 8.99. The number of aryl methyl sites for hydroxylation is 1. The molecule has 0 radical (unpaired) electrons. The second-order valence-corrected chi connectivity index (χ2v) is 7.16. The lowest BCUT2D eigenvalue weighted by Crippen LogP contribution is -2.49. The summed E-state index contributed by atoms with van der Waals surface area (Å²) in [6.45, 7) is 5.20. The fourth-order valence-corrected chi connectivity index (χ4v) is 2.85. The first-order valence-electron chi connectivity index (χ1n) is 8.11. The smallest absolute Gasteiger partial charge is 0.279 e. The third-order valence-electron chi connectivity index (χ3n) is 3.52. The summed E-state index contributed by atoms with van der Waals surface area (Å²) in [6, 6.07) is 13.6. The van der Waals surface area contributed by atoms with Gasteiger partial charge in [0.05, 0.1) is 5.25 Å². The maximum Gasteiger partial charge on any atom is 0.279 e. The molecule has 0 spiro atoms. The van der Waals surface area contributed by atoms with Crippen LogP contribution in [0.5, 0.6) is 5.75 Å². The number of halogens is 1. The van der Waals surface area contributed by atoms with Gasteiger partial charge in [0.2, 0.25) is 0 Å². The average molecular weight is 376 g/mol. The highest BCUT2D eigenvalue weighted by molar-refractivity contribution is 8.00. The Labute approximate surface area is 156 Å². The van der Waals surface area contributed by atoms with E-state index in [4.69, 9.17) is 4.74 Å². The fourth-order valence-electron chi connectivity index (χ4n) is 1.99. The number of hydrogen-bond donors (Lipinski definition) is 2. The molecule has 0 saturated carbocycles. The molecular weight excluding hydrogens is 355 g/mol. The first kappa shape index (κ1) is 19.8. The molecule has 0 fully saturated rings. The minimum atomic E-state index is -0.966. The second-order valence-electron chi connectivity index (χ2n) is 5.74. The zero-order valence-corrected chi connectivity index (χ0v) is 15.6. The van der Waals surface area contributed by atoms with Gasteiger partial charge >= 0.3 is 0 Å². The van der Waals surface area contributed by atoms with Crippen LogP contribution in [0, 0.1) is 12.7 Å². The Balaban J connectivity index is 1.81. The van der Waals surface area contributed by atoms with Gasteiger partial charge in [-0.25, -0.2) is 4.39 Å². The van der Waals surface area contributed by atoms with Gasteiger partial charge < -0.3 is 4.74 Å². The number of para-hydroxylation sites is 1. The number of thioether (sulfide) groups is 1. The van der Waals surface area contributed by atoms with Crippen LogP contribution in [0.15, 0.2) is 53.4 Å². The molecule has 0 aliphatic rings. The van der Waals surface area contributed by atoms with Crippen LogP contribution in [0.2, 0.25) is 0 Å². The number of carbonyl (C=O) groups excluding carboxylic acids is 2. The van der Waals surface area contributed by atoms with Gasteiger partial charge in [0.1, 0.15) is 0 Å². The monoisotopic (exact) mass is 376 g/mol. The Kier molecular flexibility index (Phi) is 7.03. The van der Waals surface area contributed by atoms with Crippen molar-refractivity contribution in [2.45, 2.75) is 37.0 Å². The number of nitrogens with one attached hydrogen (secondary N) is 2. The van der Waals surface area contributed by atoms with E-state index in [1.807, 2.05) is 31.2 Å². The van der Waals surface area contributed by atoms with Crippen LogP contribution in [-0.4, -0.2) is 23.2 Å². The highest BCUT2D eigenvalue weighted by atomic mass is 32.2. The van der Waals surface area contributed by atoms with E-state index in [9.17, 15) is 14.0 Å². The van der Waals surface area contributed by atoms with E-state index < -0.39 is 23.1 Å². The maximum atomic E-state index is 13.5. The highest BCUT2D eigenvalue weighted by Gasteiger charge is 2.19. The van der Waals surface area contributed by atoms with Gasteiger partial charge in [0.25, 0.3) is 11.8 Å². The normalized spacial score (nSPS) is 12.8. The molecule has 0 heterocycles. The van der Waals surface area contributed by atoms with E-state index in [1.54, 1.807) is 13.0 Å². The molecule has 138 valence electrons. The SMILES string of the molecule is Cc1ccc(S[C@@H](C)C(=O)NNC(=O)[C@H](C)Oc2ccccc2F)cc1. The molecule has 26 heavy (non-hydrogen) atoms. The lowest BCUT2D eigenvalue weighted by atomic mass is 10.2. The number of ether oxygens (including phenoxy) is 1. The van der Waals surface area contributed by atoms with Crippen LogP contribution < -0.4 is 15.6 Å². The summed E-state index contributed by atoms with van der Waals surface area (Å²) >= 11 is 1.38. The molecule has 0 aliphatic heterocycles. The second kappa shape index (κ2) is 9.24. The van der Waals surface area contributed by atoms with E-state index in [-0.39, 0.29) is 11.7 Å². The summed E-state index contributed by atoms with van der Waals surface area (Å²) in [4.78, 5) is 25.1. The molecule has 7 heteroatoms. The molecule has 0 bridgehead atoms. The van der Waals surface area contributed by atoms with E-state index >= 15 is 0 Å². The molecule has 2 atom stereocenters. The molecule has 0 unspecified atom stereocenters. The molecule has 2 aromatic rings. The van der Waals surface area contributed by atoms with E-state index in [0.717, 1.165) is 10.5 Å². The van der Waals surface area contributed by atoms with Crippen molar-refractivity contribution in [3.05, 3.63) is 59.9 Å². The van der Waals surface area contributed by atoms with Gasteiger partial charge in [-0.1, -0.05) is 29.8 Å². The Bertz CT molecular complexity index is 768. The molecule has 2 amide bonds. The standard InChI is InChI=1S/C19H21FN2O3S/c1-12-8-10-15(11-9-12)26-14(3)19(24)22-21-18(23)13(2)25-17-7-5-4-6-16(17)20/h4-11,13-14H,1-3H3,(H,21,23)(H,22,24)/t13-,14-/m0/s1. The van der Waals surface area contributed by atoms with Crippen LogP contribution in [0.1, 0.15) is 19.4 Å². The average Bonchev–Trinajstić information content (AvgIpc) is 2.63. The minimum absolute atomic E-state index is 0.0234. The predicted octanol–water partition coefficient (Wildman–Crippen LogP) is 3.23. The predicted molar refractivity (Wildman–Crippen MR) is 99.3 cm³/mol. The quantitative estimate of drug-likeness (QED) is 0.600. The van der Waals surface area contributed by atoms with Crippen LogP contribution >= 0.6 is 11.8 Å². The number of rotatable bonds is 6. The molecule has 0 saturated heterocycles. The Morgan fingerprint density at radius 2 is 1.62 bits per heavy atom. The minimum Gasteiger partial charge on any atom is -0.478 e. The summed E-state index contributed by atoms with van der Waals surface area (Å²) in [6.07, 6.45) is -0.966. The largest absolute Gasteiger partial charge is 0.478 e. The van der Waals surface area contributed by atoms with Crippen LogP contribution in [0.3, 0.4) is 0 Å². The van der Waals surface area contributed by atoms with Crippen molar-refractivity contribution in [2.75, 3.05) is 0 Å². The summed E-state index contributed by atoms with van der Waals surface area (Å²) in [5.74, 6) is -1.50.